The van der Waals surface area contributed by atoms with Crippen LogP contribution in [0.1, 0.15) is 57.8 Å². The Morgan fingerprint density at radius 1 is 1.25 bits per heavy atom. The topological polar surface area (TPSA) is 66.8 Å². The monoisotopic (exact) mass is 283 g/mol. The van der Waals surface area contributed by atoms with E-state index >= 15 is 0 Å². The van der Waals surface area contributed by atoms with Crippen molar-refractivity contribution in [2.75, 3.05) is 13.7 Å². The van der Waals surface area contributed by atoms with E-state index in [9.17, 15) is 14.7 Å². The van der Waals surface area contributed by atoms with Crippen molar-refractivity contribution < 1.29 is 19.4 Å². The van der Waals surface area contributed by atoms with E-state index in [1.165, 1.54) is 0 Å². The second-order valence-electron chi connectivity index (χ2n) is 6.15. The summed E-state index contributed by atoms with van der Waals surface area (Å²) in [5.41, 5.74) is -0.486. The summed E-state index contributed by atoms with van der Waals surface area (Å²) >= 11 is 0. The summed E-state index contributed by atoms with van der Waals surface area (Å²) in [6, 6.07) is 0. The third-order valence-corrected chi connectivity index (χ3v) is 4.78. The van der Waals surface area contributed by atoms with Crippen molar-refractivity contribution in [3.05, 3.63) is 0 Å². The molecule has 2 fully saturated rings. The number of nitrogens with zero attached hydrogens (tertiary/aromatic N) is 1. The number of amides is 1. The molecule has 20 heavy (non-hydrogen) atoms. The van der Waals surface area contributed by atoms with E-state index in [4.69, 9.17) is 4.74 Å². The summed E-state index contributed by atoms with van der Waals surface area (Å²) in [5, 5.41) is 9.18. The van der Waals surface area contributed by atoms with Gasteiger partial charge in [0.05, 0.1) is 24.5 Å². The first-order valence-corrected chi connectivity index (χ1v) is 7.63. The molecular formula is C15H25NO4. The van der Waals surface area contributed by atoms with Crippen LogP contribution in [0.5, 0.6) is 0 Å². The van der Waals surface area contributed by atoms with Crippen LogP contribution >= 0.6 is 0 Å². The molecule has 114 valence electrons. The Balaban J connectivity index is 2.02. The highest BCUT2D eigenvalue weighted by atomic mass is 16.5. The molecule has 1 amide bonds. The zero-order valence-electron chi connectivity index (χ0n) is 12.3. The van der Waals surface area contributed by atoms with E-state index in [2.05, 4.69) is 0 Å². The Morgan fingerprint density at radius 2 is 1.95 bits per heavy atom. The smallest absolute Gasteiger partial charge is 0.305 e. The number of carbonyl (C=O) groups excluding carboxylic acids is 1. The Bertz CT molecular complexity index is 357. The largest absolute Gasteiger partial charge is 0.481 e. The third-order valence-electron chi connectivity index (χ3n) is 4.78. The molecule has 0 aromatic carbocycles. The highest BCUT2D eigenvalue weighted by Gasteiger charge is 2.40. The third kappa shape index (κ3) is 3.51. The molecule has 0 radical (unpaired) electrons. The average molecular weight is 283 g/mol. The van der Waals surface area contributed by atoms with Crippen LogP contribution in [0.3, 0.4) is 0 Å². The standard InChI is InChI=1S/C15H25NO4/c1-16(13(17)10-12-6-5-9-20-12)15(11-14(18)19)7-3-2-4-8-15/h12H,2-11H2,1H3,(H,18,19). The van der Waals surface area contributed by atoms with E-state index in [1.807, 2.05) is 0 Å². The Hall–Kier alpha value is -1.10. The number of hydrogen-bond donors (Lipinski definition) is 1. The van der Waals surface area contributed by atoms with Gasteiger partial charge in [-0.25, -0.2) is 0 Å². The molecule has 1 saturated carbocycles. The number of ether oxygens (including phenoxy) is 1. The lowest BCUT2D eigenvalue weighted by molar-refractivity contribution is -0.146. The number of rotatable bonds is 5. The fraction of sp³-hybridized carbons (Fsp3) is 0.867. The molecule has 0 aromatic rings. The molecule has 1 heterocycles. The lowest BCUT2D eigenvalue weighted by atomic mass is 9.78. The van der Waals surface area contributed by atoms with Gasteiger partial charge in [0, 0.05) is 13.7 Å². The van der Waals surface area contributed by atoms with Gasteiger partial charge in [-0.05, 0) is 25.7 Å². The van der Waals surface area contributed by atoms with Crippen LogP contribution in [0.2, 0.25) is 0 Å². The molecule has 0 bridgehead atoms. The van der Waals surface area contributed by atoms with Crippen LogP contribution < -0.4 is 0 Å². The van der Waals surface area contributed by atoms with Crippen LogP contribution in [0.15, 0.2) is 0 Å². The van der Waals surface area contributed by atoms with Gasteiger partial charge in [-0.15, -0.1) is 0 Å². The first-order chi connectivity index (χ1) is 9.53. The summed E-state index contributed by atoms with van der Waals surface area (Å²) in [7, 11) is 1.77. The van der Waals surface area contributed by atoms with Crippen LogP contribution in [0, 0.1) is 0 Å². The highest BCUT2D eigenvalue weighted by molar-refractivity contribution is 5.78. The molecule has 1 atom stereocenters. The quantitative estimate of drug-likeness (QED) is 0.840. The second-order valence-corrected chi connectivity index (χ2v) is 6.15. The number of carboxylic acid groups (broad SMARTS) is 1. The molecule has 1 N–H and O–H groups in total. The maximum absolute atomic E-state index is 12.4. The molecule has 1 saturated heterocycles. The second kappa shape index (κ2) is 6.57. The summed E-state index contributed by atoms with van der Waals surface area (Å²) in [4.78, 5) is 25.3. The number of hydrogen-bond acceptors (Lipinski definition) is 3. The molecule has 1 aliphatic carbocycles. The minimum Gasteiger partial charge on any atom is -0.481 e. The maximum atomic E-state index is 12.4. The van der Waals surface area contributed by atoms with Gasteiger partial charge in [-0.3, -0.25) is 9.59 Å². The molecule has 1 aliphatic heterocycles. The van der Waals surface area contributed by atoms with Crippen molar-refractivity contribution in [3.63, 3.8) is 0 Å². The summed E-state index contributed by atoms with van der Waals surface area (Å²) in [6.45, 7) is 0.738. The summed E-state index contributed by atoms with van der Waals surface area (Å²) < 4.78 is 5.51. The lowest BCUT2D eigenvalue weighted by Gasteiger charge is -2.44. The molecule has 2 rings (SSSR count). The van der Waals surface area contributed by atoms with Gasteiger partial charge in [0.25, 0.3) is 0 Å². The lowest BCUT2D eigenvalue weighted by Crippen LogP contribution is -2.52. The van der Waals surface area contributed by atoms with Crippen LogP contribution in [-0.4, -0.2) is 47.2 Å². The molecule has 5 heteroatoms. The van der Waals surface area contributed by atoms with Crippen molar-refractivity contribution in [3.8, 4) is 0 Å². The van der Waals surface area contributed by atoms with Gasteiger partial charge in [0.15, 0.2) is 0 Å². The molecular weight excluding hydrogens is 258 g/mol. The molecule has 0 aromatic heterocycles. The zero-order chi connectivity index (χ0) is 14.6. The zero-order valence-corrected chi connectivity index (χ0v) is 12.3. The number of carboxylic acids is 1. The van der Waals surface area contributed by atoms with E-state index < -0.39 is 11.5 Å². The average Bonchev–Trinajstić information content (AvgIpc) is 2.91. The number of carbonyl (C=O) groups is 2. The minimum atomic E-state index is -0.816. The Kier molecular flexibility index (Phi) is 5.02. The number of aliphatic carboxylic acids is 1. The van der Waals surface area contributed by atoms with E-state index in [-0.39, 0.29) is 18.4 Å². The summed E-state index contributed by atoms with van der Waals surface area (Å²) in [6.07, 6.45) is 7.16. The van der Waals surface area contributed by atoms with Crippen LogP contribution in [0.25, 0.3) is 0 Å². The molecule has 2 aliphatic rings. The van der Waals surface area contributed by atoms with Crippen molar-refractivity contribution in [1.29, 1.82) is 0 Å². The predicted molar refractivity (Wildman–Crippen MR) is 74.4 cm³/mol. The molecule has 5 nitrogen and oxygen atoms in total. The molecule has 0 spiro atoms. The van der Waals surface area contributed by atoms with Crippen LogP contribution in [-0.2, 0) is 14.3 Å². The highest BCUT2D eigenvalue weighted by Crippen LogP contribution is 2.36. The van der Waals surface area contributed by atoms with Crippen molar-refractivity contribution in [1.82, 2.24) is 4.90 Å². The van der Waals surface area contributed by atoms with Gasteiger partial charge in [-0.2, -0.15) is 0 Å². The first-order valence-electron chi connectivity index (χ1n) is 7.63. The Morgan fingerprint density at radius 3 is 2.50 bits per heavy atom. The fourth-order valence-corrected chi connectivity index (χ4v) is 3.52. The van der Waals surface area contributed by atoms with Gasteiger partial charge in [0.2, 0.25) is 5.91 Å². The van der Waals surface area contributed by atoms with Crippen LogP contribution in [0.4, 0.5) is 0 Å². The Labute approximate surface area is 120 Å². The summed E-state index contributed by atoms with van der Waals surface area (Å²) in [5.74, 6) is -0.788. The van der Waals surface area contributed by atoms with Gasteiger partial charge >= 0.3 is 5.97 Å². The fourth-order valence-electron chi connectivity index (χ4n) is 3.52. The minimum absolute atomic E-state index is 0.0235. The first kappa shape index (κ1) is 15.3. The van der Waals surface area contributed by atoms with E-state index in [0.29, 0.717) is 6.42 Å². The predicted octanol–water partition coefficient (Wildman–Crippen LogP) is 2.19. The van der Waals surface area contributed by atoms with E-state index in [0.717, 1.165) is 51.6 Å². The van der Waals surface area contributed by atoms with Gasteiger partial charge in [0.1, 0.15) is 0 Å². The van der Waals surface area contributed by atoms with E-state index in [1.54, 1.807) is 11.9 Å². The van der Waals surface area contributed by atoms with Crippen molar-refractivity contribution in [2.45, 2.75) is 69.4 Å². The normalized spacial score (nSPS) is 25.4. The maximum Gasteiger partial charge on any atom is 0.305 e. The van der Waals surface area contributed by atoms with Gasteiger partial charge in [-0.1, -0.05) is 19.3 Å². The van der Waals surface area contributed by atoms with Crippen molar-refractivity contribution >= 4 is 11.9 Å². The molecule has 1 unspecified atom stereocenters. The van der Waals surface area contributed by atoms with Gasteiger partial charge < -0.3 is 14.7 Å². The SMILES string of the molecule is CN(C(=O)CC1CCCO1)C1(CC(=O)O)CCCCC1. The van der Waals surface area contributed by atoms with Crippen molar-refractivity contribution in [2.24, 2.45) is 0 Å².